The Morgan fingerprint density at radius 2 is 2.36 bits per heavy atom. The van der Waals surface area contributed by atoms with Crippen molar-refractivity contribution in [3.05, 3.63) is 32.8 Å². The number of nitro groups is 1. The van der Waals surface area contributed by atoms with Gasteiger partial charge in [0.1, 0.15) is 5.69 Å². The first-order chi connectivity index (χ1) is 10.5. The molecule has 1 saturated heterocycles. The Morgan fingerprint density at radius 1 is 1.55 bits per heavy atom. The number of hydrogen-bond donors (Lipinski definition) is 2. The smallest absolute Gasteiger partial charge is 0.292 e. The van der Waals surface area contributed by atoms with Gasteiger partial charge in [-0.3, -0.25) is 15.0 Å². The first kappa shape index (κ1) is 15.7. The van der Waals surface area contributed by atoms with Crippen molar-refractivity contribution in [2.45, 2.75) is 37.3 Å². The minimum Gasteiger partial charge on any atom is -0.395 e. The molecule has 0 radical (unpaired) electrons. The quantitative estimate of drug-likeness (QED) is 0.616. The highest BCUT2D eigenvalue weighted by Gasteiger charge is 2.46. The van der Waals surface area contributed by atoms with E-state index in [9.17, 15) is 15.2 Å². The second-order valence-corrected chi connectivity index (χ2v) is 7.18. The fourth-order valence-corrected chi connectivity index (χ4v) is 4.26. The number of nitro benzene ring substituents is 1. The number of anilines is 1. The summed E-state index contributed by atoms with van der Waals surface area (Å²) in [7, 11) is 0. The van der Waals surface area contributed by atoms with Crippen LogP contribution in [0.15, 0.2) is 22.7 Å². The molecule has 6 nitrogen and oxygen atoms in total. The summed E-state index contributed by atoms with van der Waals surface area (Å²) in [5, 5.41) is 23.9. The van der Waals surface area contributed by atoms with E-state index in [4.69, 9.17) is 0 Å². The molecular formula is C15H20BrN3O3. The zero-order chi connectivity index (χ0) is 15.7. The van der Waals surface area contributed by atoms with Crippen molar-refractivity contribution in [2.75, 3.05) is 25.0 Å². The van der Waals surface area contributed by atoms with Crippen LogP contribution < -0.4 is 5.32 Å². The average Bonchev–Trinajstić information content (AvgIpc) is 2.69. The van der Waals surface area contributed by atoms with Gasteiger partial charge in [0.15, 0.2) is 0 Å². The van der Waals surface area contributed by atoms with Crippen LogP contribution in [0.25, 0.3) is 0 Å². The number of aliphatic hydroxyl groups excluding tert-OH is 1. The van der Waals surface area contributed by atoms with Gasteiger partial charge in [0.05, 0.1) is 17.1 Å². The molecule has 2 N–H and O–H groups in total. The van der Waals surface area contributed by atoms with E-state index < -0.39 is 0 Å². The third kappa shape index (κ3) is 2.98. The van der Waals surface area contributed by atoms with Crippen molar-refractivity contribution in [1.29, 1.82) is 0 Å². The van der Waals surface area contributed by atoms with Gasteiger partial charge < -0.3 is 10.4 Å². The molecule has 1 aliphatic heterocycles. The van der Waals surface area contributed by atoms with E-state index in [-0.39, 0.29) is 22.8 Å². The van der Waals surface area contributed by atoms with Crippen LogP contribution in [0.4, 0.5) is 11.4 Å². The first-order valence-corrected chi connectivity index (χ1v) is 8.39. The Hall–Kier alpha value is -1.18. The molecule has 1 heterocycles. The molecule has 1 aromatic rings. The molecule has 2 bridgehead atoms. The number of nitrogens with zero attached hydrogens (tertiary/aromatic N) is 2. The number of benzene rings is 1. The zero-order valence-electron chi connectivity index (χ0n) is 12.3. The van der Waals surface area contributed by atoms with Crippen molar-refractivity contribution in [2.24, 2.45) is 0 Å². The molecule has 3 rings (SSSR count). The van der Waals surface area contributed by atoms with Crippen molar-refractivity contribution >= 4 is 27.3 Å². The van der Waals surface area contributed by atoms with Gasteiger partial charge in [0.2, 0.25) is 0 Å². The fourth-order valence-electron chi connectivity index (χ4n) is 3.90. The third-order valence-electron chi connectivity index (χ3n) is 4.78. The topological polar surface area (TPSA) is 78.6 Å². The molecule has 7 heteroatoms. The Kier molecular flexibility index (Phi) is 4.38. The molecule has 120 valence electrons. The van der Waals surface area contributed by atoms with E-state index in [0.29, 0.717) is 18.3 Å². The Balaban J connectivity index is 1.86. The summed E-state index contributed by atoms with van der Waals surface area (Å²) in [6.07, 6.45) is 4.25. The predicted molar refractivity (Wildman–Crippen MR) is 88.1 cm³/mol. The van der Waals surface area contributed by atoms with E-state index in [1.165, 1.54) is 6.07 Å². The van der Waals surface area contributed by atoms with Gasteiger partial charge in [-0.25, -0.2) is 0 Å². The molecule has 0 aromatic heterocycles. The SMILES string of the molecule is O=[N+]([O-])c1ccc(Br)cc1NC12CCCC(C1)N(CCO)C2. The predicted octanol–water partition coefficient (Wildman–Crippen LogP) is 2.76. The minimum absolute atomic E-state index is 0.111. The van der Waals surface area contributed by atoms with Crippen molar-refractivity contribution in [3.8, 4) is 0 Å². The van der Waals surface area contributed by atoms with Crippen molar-refractivity contribution in [3.63, 3.8) is 0 Å². The monoisotopic (exact) mass is 369 g/mol. The molecule has 1 aliphatic carbocycles. The van der Waals surface area contributed by atoms with E-state index in [1.807, 2.05) is 0 Å². The summed E-state index contributed by atoms with van der Waals surface area (Å²) in [6.45, 7) is 1.67. The van der Waals surface area contributed by atoms with Gasteiger partial charge in [-0.2, -0.15) is 0 Å². The summed E-state index contributed by atoms with van der Waals surface area (Å²) < 4.78 is 0.828. The maximum atomic E-state index is 11.3. The molecule has 2 unspecified atom stereocenters. The van der Waals surface area contributed by atoms with E-state index in [0.717, 1.165) is 36.7 Å². The highest BCUT2D eigenvalue weighted by Crippen LogP contribution is 2.42. The van der Waals surface area contributed by atoms with Crippen LogP contribution in [0.3, 0.4) is 0 Å². The highest BCUT2D eigenvalue weighted by molar-refractivity contribution is 9.10. The van der Waals surface area contributed by atoms with Crippen LogP contribution in [-0.4, -0.2) is 46.2 Å². The summed E-state index contributed by atoms with van der Waals surface area (Å²) in [5.41, 5.74) is 0.565. The lowest BCUT2D eigenvalue weighted by atomic mass is 9.83. The van der Waals surface area contributed by atoms with E-state index in [2.05, 4.69) is 26.1 Å². The summed E-state index contributed by atoms with van der Waals surface area (Å²) in [5.74, 6) is 0. The number of nitrogens with one attached hydrogen (secondary N) is 1. The molecule has 1 aromatic carbocycles. The van der Waals surface area contributed by atoms with Crippen LogP contribution in [0.5, 0.6) is 0 Å². The standard InChI is InChI=1S/C15H20BrN3O3/c16-11-3-4-14(19(21)22)13(8-11)17-15-5-1-2-12(9-15)18(10-15)6-7-20/h3-4,8,12,17,20H,1-2,5-7,9-10H2. The average molecular weight is 370 g/mol. The molecule has 2 atom stereocenters. The Morgan fingerprint density at radius 3 is 3.09 bits per heavy atom. The molecule has 0 amide bonds. The van der Waals surface area contributed by atoms with E-state index >= 15 is 0 Å². The molecule has 22 heavy (non-hydrogen) atoms. The summed E-state index contributed by atoms with van der Waals surface area (Å²) in [4.78, 5) is 13.2. The lowest BCUT2D eigenvalue weighted by molar-refractivity contribution is -0.384. The second kappa shape index (κ2) is 6.14. The summed E-state index contributed by atoms with van der Waals surface area (Å²) in [6, 6.07) is 5.48. The Bertz CT molecular complexity index is 583. The first-order valence-electron chi connectivity index (χ1n) is 7.60. The molecule has 1 saturated carbocycles. The maximum absolute atomic E-state index is 11.3. The molecule has 0 spiro atoms. The van der Waals surface area contributed by atoms with Crippen molar-refractivity contribution in [1.82, 2.24) is 4.90 Å². The minimum atomic E-state index is -0.341. The van der Waals surface area contributed by atoms with Gasteiger partial charge in [-0.1, -0.05) is 15.9 Å². The van der Waals surface area contributed by atoms with Gasteiger partial charge >= 0.3 is 0 Å². The number of rotatable bonds is 5. The maximum Gasteiger partial charge on any atom is 0.292 e. The van der Waals surface area contributed by atoms with Crippen LogP contribution >= 0.6 is 15.9 Å². The van der Waals surface area contributed by atoms with Gasteiger partial charge in [-0.15, -0.1) is 0 Å². The van der Waals surface area contributed by atoms with Crippen LogP contribution in [-0.2, 0) is 0 Å². The fraction of sp³-hybridized carbons (Fsp3) is 0.600. The second-order valence-electron chi connectivity index (χ2n) is 6.27. The van der Waals surface area contributed by atoms with Gasteiger partial charge in [0.25, 0.3) is 5.69 Å². The zero-order valence-corrected chi connectivity index (χ0v) is 13.9. The number of hydrogen-bond acceptors (Lipinski definition) is 5. The number of β-amino-alcohol motifs (C(OH)–C–C–N with tert-alkyl or cyclic N) is 1. The normalized spacial score (nSPS) is 27.8. The number of aliphatic hydroxyl groups is 1. The lowest BCUT2D eigenvalue weighted by Gasteiger charge is -2.33. The van der Waals surface area contributed by atoms with Crippen molar-refractivity contribution < 1.29 is 10.0 Å². The third-order valence-corrected chi connectivity index (χ3v) is 5.28. The molecule has 2 aliphatic rings. The van der Waals surface area contributed by atoms with Crippen LogP contribution in [0.1, 0.15) is 25.7 Å². The largest absolute Gasteiger partial charge is 0.395 e. The number of fused-ring (bicyclic) bond motifs is 2. The van der Waals surface area contributed by atoms with Gasteiger partial charge in [0, 0.05) is 29.7 Å². The van der Waals surface area contributed by atoms with E-state index in [1.54, 1.807) is 12.1 Å². The lowest BCUT2D eigenvalue weighted by Crippen LogP contribution is -2.41. The van der Waals surface area contributed by atoms with Gasteiger partial charge in [-0.05, 0) is 37.8 Å². The van der Waals surface area contributed by atoms with Crippen LogP contribution in [0, 0.1) is 10.1 Å². The highest BCUT2D eigenvalue weighted by atomic mass is 79.9. The molecule has 2 fully saturated rings. The van der Waals surface area contributed by atoms with Crippen LogP contribution in [0.2, 0.25) is 0 Å². The molecular weight excluding hydrogens is 350 g/mol. The summed E-state index contributed by atoms with van der Waals surface area (Å²) >= 11 is 3.39. The Labute approximate surface area is 137 Å². The number of likely N-dealkylation sites (tertiary alicyclic amines) is 1. The number of halogens is 1.